The van der Waals surface area contributed by atoms with Crippen LogP contribution in [0.25, 0.3) is 0 Å². The lowest BCUT2D eigenvalue weighted by Crippen LogP contribution is -2.26. The standard InChI is InChI=1S/C11H22N4S/c1-5-15(8-6-7-14(3)4)11-9(2)10(12)13-16-11/h5-8H2,1-4H3,(H2,12,13). The topological polar surface area (TPSA) is 45.4 Å². The van der Waals surface area contributed by atoms with Gasteiger partial charge < -0.3 is 15.5 Å². The van der Waals surface area contributed by atoms with E-state index in [0.29, 0.717) is 5.82 Å². The summed E-state index contributed by atoms with van der Waals surface area (Å²) in [6.45, 7) is 7.41. The Balaban J connectivity index is 2.57. The second kappa shape index (κ2) is 6.06. The van der Waals surface area contributed by atoms with Gasteiger partial charge in [-0.15, -0.1) is 0 Å². The molecule has 4 nitrogen and oxygen atoms in total. The Morgan fingerprint density at radius 2 is 2.00 bits per heavy atom. The van der Waals surface area contributed by atoms with Gasteiger partial charge in [0.15, 0.2) is 0 Å². The molecular weight excluding hydrogens is 220 g/mol. The van der Waals surface area contributed by atoms with E-state index >= 15 is 0 Å². The second-order valence-corrected chi connectivity index (χ2v) is 4.99. The number of nitrogen functional groups attached to an aromatic ring is 1. The van der Waals surface area contributed by atoms with Gasteiger partial charge >= 0.3 is 0 Å². The molecule has 0 aliphatic carbocycles. The molecule has 0 bridgehead atoms. The molecule has 1 aromatic heterocycles. The summed E-state index contributed by atoms with van der Waals surface area (Å²) in [4.78, 5) is 4.56. The highest BCUT2D eigenvalue weighted by Gasteiger charge is 2.12. The lowest BCUT2D eigenvalue weighted by Gasteiger charge is -2.22. The molecule has 0 radical (unpaired) electrons. The summed E-state index contributed by atoms with van der Waals surface area (Å²) in [6.07, 6.45) is 1.16. The van der Waals surface area contributed by atoms with Gasteiger partial charge in [-0.05, 0) is 52.4 Å². The van der Waals surface area contributed by atoms with Crippen molar-refractivity contribution in [1.29, 1.82) is 0 Å². The van der Waals surface area contributed by atoms with Crippen molar-refractivity contribution in [2.45, 2.75) is 20.3 Å². The van der Waals surface area contributed by atoms with Gasteiger partial charge in [-0.1, -0.05) is 0 Å². The van der Waals surface area contributed by atoms with Crippen LogP contribution in [0.1, 0.15) is 18.9 Å². The van der Waals surface area contributed by atoms with Gasteiger partial charge in [-0.25, -0.2) is 0 Å². The van der Waals surface area contributed by atoms with Crippen LogP contribution in [0.3, 0.4) is 0 Å². The van der Waals surface area contributed by atoms with Crippen molar-refractivity contribution < 1.29 is 0 Å². The number of rotatable bonds is 6. The molecule has 0 aliphatic heterocycles. The molecule has 92 valence electrons. The van der Waals surface area contributed by atoms with Crippen LogP contribution in [0.15, 0.2) is 0 Å². The Labute approximate surface area is 102 Å². The lowest BCUT2D eigenvalue weighted by atomic mass is 10.3. The summed E-state index contributed by atoms with van der Waals surface area (Å²) in [5.41, 5.74) is 6.90. The van der Waals surface area contributed by atoms with Crippen molar-refractivity contribution in [2.75, 3.05) is 44.4 Å². The molecule has 0 fully saturated rings. The molecule has 0 spiro atoms. The third kappa shape index (κ3) is 3.35. The Hall–Kier alpha value is -0.810. The smallest absolute Gasteiger partial charge is 0.142 e. The first-order valence-electron chi connectivity index (χ1n) is 5.67. The van der Waals surface area contributed by atoms with E-state index < -0.39 is 0 Å². The monoisotopic (exact) mass is 242 g/mol. The van der Waals surface area contributed by atoms with E-state index in [4.69, 9.17) is 5.73 Å². The maximum atomic E-state index is 5.77. The molecule has 0 aliphatic rings. The van der Waals surface area contributed by atoms with Crippen molar-refractivity contribution in [3.8, 4) is 0 Å². The van der Waals surface area contributed by atoms with Crippen LogP contribution in [0, 0.1) is 6.92 Å². The number of anilines is 2. The molecule has 5 heteroatoms. The van der Waals surface area contributed by atoms with Crippen molar-refractivity contribution in [1.82, 2.24) is 9.27 Å². The molecule has 1 rings (SSSR count). The third-order valence-electron chi connectivity index (χ3n) is 2.64. The predicted octanol–water partition coefficient (Wildman–Crippen LogP) is 1.81. The van der Waals surface area contributed by atoms with Gasteiger partial charge in [0.1, 0.15) is 10.8 Å². The molecule has 0 saturated heterocycles. The summed E-state index contributed by atoms with van der Waals surface area (Å²) < 4.78 is 4.20. The molecule has 0 unspecified atom stereocenters. The minimum Gasteiger partial charge on any atom is -0.383 e. The van der Waals surface area contributed by atoms with Crippen molar-refractivity contribution in [3.05, 3.63) is 5.56 Å². The highest BCUT2D eigenvalue weighted by molar-refractivity contribution is 7.10. The first-order chi connectivity index (χ1) is 7.56. The number of hydrogen-bond donors (Lipinski definition) is 1. The molecule has 0 saturated carbocycles. The fourth-order valence-corrected chi connectivity index (χ4v) is 2.51. The van der Waals surface area contributed by atoms with Crippen molar-refractivity contribution >= 4 is 22.4 Å². The van der Waals surface area contributed by atoms with E-state index in [-0.39, 0.29) is 0 Å². The Bertz CT molecular complexity index is 322. The zero-order valence-corrected chi connectivity index (χ0v) is 11.5. The van der Waals surface area contributed by atoms with Gasteiger partial charge in [0.05, 0.1) is 0 Å². The lowest BCUT2D eigenvalue weighted by molar-refractivity contribution is 0.401. The highest BCUT2D eigenvalue weighted by Crippen LogP contribution is 2.29. The molecular formula is C11H22N4S. The van der Waals surface area contributed by atoms with Crippen LogP contribution in [0.5, 0.6) is 0 Å². The predicted molar refractivity (Wildman–Crippen MR) is 72.3 cm³/mol. The summed E-state index contributed by atoms with van der Waals surface area (Å²) >= 11 is 1.51. The van der Waals surface area contributed by atoms with Crippen LogP contribution in [0.2, 0.25) is 0 Å². The molecule has 16 heavy (non-hydrogen) atoms. The van der Waals surface area contributed by atoms with Gasteiger partial charge in [0.2, 0.25) is 0 Å². The van der Waals surface area contributed by atoms with E-state index in [9.17, 15) is 0 Å². The molecule has 0 atom stereocenters. The quantitative estimate of drug-likeness (QED) is 0.826. The minimum absolute atomic E-state index is 0.672. The number of hydrogen-bond acceptors (Lipinski definition) is 5. The zero-order chi connectivity index (χ0) is 12.1. The van der Waals surface area contributed by atoms with Gasteiger partial charge in [-0.2, -0.15) is 4.37 Å². The van der Waals surface area contributed by atoms with Gasteiger partial charge in [0, 0.05) is 18.7 Å². The molecule has 0 aromatic carbocycles. The fraction of sp³-hybridized carbons (Fsp3) is 0.727. The van der Waals surface area contributed by atoms with Crippen LogP contribution in [-0.4, -0.2) is 43.0 Å². The van der Waals surface area contributed by atoms with E-state index in [1.54, 1.807) is 0 Å². The summed E-state index contributed by atoms with van der Waals surface area (Å²) in [6, 6.07) is 0. The summed E-state index contributed by atoms with van der Waals surface area (Å²) in [5.74, 6) is 0.672. The summed E-state index contributed by atoms with van der Waals surface area (Å²) in [5, 5.41) is 1.22. The maximum Gasteiger partial charge on any atom is 0.142 e. The fourth-order valence-electron chi connectivity index (χ4n) is 1.61. The van der Waals surface area contributed by atoms with E-state index in [0.717, 1.165) is 31.6 Å². The van der Waals surface area contributed by atoms with Crippen LogP contribution in [0.4, 0.5) is 10.8 Å². The van der Waals surface area contributed by atoms with Crippen LogP contribution in [-0.2, 0) is 0 Å². The largest absolute Gasteiger partial charge is 0.383 e. The van der Waals surface area contributed by atoms with E-state index in [1.165, 1.54) is 16.5 Å². The van der Waals surface area contributed by atoms with E-state index in [1.807, 2.05) is 6.92 Å². The van der Waals surface area contributed by atoms with Crippen LogP contribution >= 0.6 is 11.5 Å². The van der Waals surface area contributed by atoms with Gasteiger partial charge in [0.25, 0.3) is 0 Å². The zero-order valence-electron chi connectivity index (χ0n) is 10.7. The first kappa shape index (κ1) is 13.3. The number of nitrogens with zero attached hydrogens (tertiary/aromatic N) is 3. The number of aromatic nitrogens is 1. The molecule has 1 heterocycles. The normalized spacial score (nSPS) is 11.1. The Morgan fingerprint density at radius 3 is 2.44 bits per heavy atom. The maximum absolute atomic E-state index is 5.77. The minimum atomic E-state index is 0.672. The van der Waals surface area contributed by atoms with Crippen molar-refractivity contribution in [2.24, 2.45) is 0 Å². The summed E-state index contributed by atoms with van der Waals surface area (Å²) in [7, 11) is 4.21. The average Bonchev–Trinajstić information content (AvgIpc) is 2.55. The second-order valence-electron chi connectivity index (χ2n) is 4.23. The molecule has 0 amide bonds. The van der Waals surface area contributed by atoms with E-state index in [2.05, 4.69) is 35.2 Å². The Morgan fingerprint density at radius 1 is 1.31 bits per heavy atom. The third-order valence-corrected chi connectivity index (χ3v) is 3.66. The SMILES string of the molecule is CCN(CCCN(C)C)c1snc(N)c1C. The molecule has 1 aromatic rings. The van der Waals surface area contributed by atoms with Crippen molar-refractivity contribution in [3.63, 3.8) is 0 Å². The molecule has 2 N–H and O–H groups in total. The average molecular weight is 242 g/mol. The number of nitrogens with two attached hydrogens (primary N) is 1. The first-order valence-corrected chi connectivity index (χ1v) is 6.45. The van der Waals surface area contributed by atoms with Gasteiger partial charge in [-0.3, -0.25) is 0 Å². The van der Waals surface area contributed by atoms with Crippen LogP contribution < -0.4 is 10.6 Å². The highest BCUT2D eigenvalue weighted by atomic mass is 32.1. The Kier molecular flexibility index (Phi) is 5.02.